The van der Waals surface area contributed by atoms with Gasteiger partial charge in [-0.2, -0.15) is 66.2 Å². The van der Waals surface area contributed by atoms with Crippen LogP contribution in [0.4, 0.5) is 75.4 Å². The molecule has 0 aromatic heterocycles. The van der Waals surface area contributed by atoms with Crippen molar-refractivity contribution in [2.24, 2.45) is 0 Å². The Kier molecular flexibility index (Phi) is 12.0. The molecule has 0 radical (unpaired) electrons. The summed E-state index contributed by atoms with van der Waals surface area (Å²) in [5.74, 6) is 0. The number of alkyl halides is 12. The second kappa shape index (κ2) is 15.9. The highest BCUT2D eigenvalue weighted by molar-refractivity contribution is 7.81. The highest BCUT2D eigenvalue weighted by Crippen LogP contribution is 2.45. The molecular formula is C38H24F12N4S3. The van der Waals surface area contributed by atoms with Crippen LogP contribution in [0.2, 0.25) is 0 Å². The molecule has 4 N–H and O–H groups in total. The molecule has 298 valence electrons. The molecule has 0 aliphatic heterocycles. The van der Waals surface area contributed by atoms with Gasteiger partial charge in [-0.25, -0.2) is 0 Å². The molecular weight excluding hydrogens is 837 g/mol. The molecule has 0 aliphatic rings. The molecule has 0 fully saturated rings. The number of fused-ring (bicyclic) bond motifs is 2. The summed E-state index contributed by atoms with van der Waals surface area (Å²) >= 11 is 10.8. The van der Waals surface area contributed by atoms with Crippen LogP contribution in [0, 0.1) is 0 Å². The van der Waals surface area contributed by atoms with E-state index in [1.54, 1.807) is 72.8 Å². The maximum absolute atomic E-state index is 13.6. The molecule has 6 aromatic rings. The fourth-order valence-electron chi connectivity index (χ4n) is 5.91. The lowest BCUT2D eigenvalue weighted by atomic mass is 9.91. The van der Waals surface area contributed by atoms with Crippen molar-refractivity contribution in [3.8, 4) is 11.1 Å². The molecule has 0 saturated heterocycles. The van der Waals surface area contributed by atoms with Gasteiger partial charge in [-0.05, 0) is 94.5 Å². The zero-order valence-electron chi connectivity index (χ0n) is 28.2. The summed E-state index contributed by atoms with van der Waals surface area (Å²) in [5.41, 5.74) is -6.33. The Labute approximate surface area is 332 Å². The van der Waals surface area contributed by atoms with Crippen molar-refractivity contribution in [3.63, 3.8) is 0 Å². The minimum absolute atomic E-state index is 0. The quantitative estimate of drug-likeness (QED) is 0.102. The van der Waals surface area contributed by atoms with E-state index in [4.69, 9.17) is 24.4 Å². The molecule has 0 atom stereocenters. The lowest BCUT2D eigenvalue weighted by molar-refractivity contribution is -0.144. The summed E-state index contributed by atoms with van der Waals surface area (Å²) in [6, 6.07) is 22.1. The second-order valence-electron chi connectivity index (χ2n) is 12.2. The number of benzene rings is 6. The van der Waals surface area contributed by atoms with Crippen LogP contribution in [0.3, 0.4) is 0 Å². The van der Waals surface area contributed by atoms with Gasteiger partial charge in [0.15, 0.2) is 10.2 Å². The van der Waals surface area contributed by atoms with Crippen LogP contribution in [0.1, 0.15) is 22.3 Å². The van der Waals surface area contributed by atoms with E-state index >= 15 is 0 Å². The van der Waals surface area contributed by atoms with Crippen LogP contribution >= 0.6 is 37.9 Å². The number of rotatable bonds is 5. The third-order valence-electron chi connectivity index (χ3n) is 8.30. The predicted octanol–water partition coefficient (Wildman–Crippen LogP) is 13.5. The fraction of sp³-hybridized carbons (Fsp3) is 0.105. The first-order valence-corrected chi connectivity index (χ1v) is 16.7. The fourth-order valence-corrected chi connectivity index (χ4v) is 6.37. The molecule has 6 rings (SSSR count). The highest BCUT2D eigenvalue weighted by atomic mass is 32.1. The minimum Gasteiger partial charge on any atom is -0.332 e. The molecule has 0 bridgehead atoms. The zero-order valence-corrected chi connectivity index (χ0v) is 30.9. The van der Waals surface area contributed by atoms with Crippen LogP contribution in [0.15, 0.2) is 109 Å². The van der Waals surface area contributed by atoms with E-state index < -0.39 is 68.6 Å². The van der Waals surface area contributed by atoms with Crippen LogP contribution in [-0.4, -0.2) is 10.2 Å². The van der Waals surface area contributed by atoms with Gasteiger partial charge in [-0.1, -0.05) is 60.7 Å². The van der Waals surface area contributed by atoms with Gasteiger partial charge in [0.05, 0.1) is 22.3 Å². The van der Waals surface area contributed by atoms with Gasteiger partial charge in [0, 0.05) is 33.9 Å². The van der Waals surface area contributed by atoms with Gasteiger partial charge < -0.3 is 21.3 Å². The molecule has 19 heteroatoms. The SMILES string of the molecule is FC(F)(F)c1cc(NC(=S)Nc2ccc3ccccc3c2-c2c(NC(=S)Nc3cc(C(F)(F)F)cc(C(F)(F)F)c3)ccc3ccccc23)cc(C(F)(F)F)c1.S. The number of halogens is 12. The Morgan fingerprint density at radius 3 is 0.982 bits per heavy atom. The van der Waals surface area contributed by atoms with Crippen molar-refractivity contribution in [2.75, 3.05) is 21.3 Å². The summed E-state index contributed by atoms with van der Waals surface area (Å²) in [4.78, 5) is 0. The second-order valence-corrected chi connectivity index (χ2v) is 13.0. The van der Waals surface area contributed by atoms with Gasteiger partial charge in [-0.15, -0.1) is 0 Å². The third-order valence-corrected chi connectivity index (χ3v) is 8.70. The third kappa shape index (κ3) is 9.82. The molecule has 4 nitrogen and oxygen atoms in total. The van der Waals surface area contributed by atoms with Crippen LogP contribution in [0.25, 0.3) is 32.7 Å². The Morgan fingerprint density at radius 2 is 0.684 bits per heavy atom. The van der Waals surface area contributed by atoms with Crippen LogP contribution < -0.4 is 21.3 Å². The van der Waals surface area contributed by atoms with Gasteiger partial charge in [0.2, 0.25) is 0 Å². The smallest absolute Gasteiger partial charge is 0.332 e. The first-order valence-electron chi connectivity index (χ1n) is 15.9. The largest absolute Gasteiger partial charge is 0.416 e. The van der Waals surface area contributed by atoms with Crippen molar-refractivity contribution in [1.82, 2.24) is 0 Å². The van der Waals surface area contributed by atoms with E-state index in [-0.39, 0.29) is 37.0 Å². The van der Waals surface area contributed by atoms with Crippen molar-refractivity contribution >= 4 is 92.5 Å². The molecule has 0 spiro atoms. The summed E-state index contributed by atoms with van der Waals surface area (Å²) in [7, 11) is 0. The first-order chi connectivity index (χ1) is 26.1. The maximum Gasteiger partial charge on any atom is 0.416 e. The van der Waals surface area contributed by atoms with E-state index in [1.807, 2.05) is 0 Å². The van der Waals surface area contributed by atoms with Gasteiger partial charge in [0.25, 0.3) is 0 Å². The van der Waals surface area contributed by atoms with E-state index in [0.717, 1.165) is 0 Å². The Balaban J connectivity index is 0.00000620. The van der Waals surface area contributed by atoms with Gasteiger partial charge in [-0.3, -0.25) is 0 Å². The maximum atomic E-state index is 13.6. The number of nitrogens with one attached hydrogen (secondary N) is 4. The molecule has 0 saturated carbocycles. The van der Waals surface area contributed by atoms with Crippen LogP contribution in [0.5, 0.6) is 0 Å². The molecule has 57 heavy (non-hydrogen) atoms. The topological polar surface area (TPSA) is 48.1 Å². The Bertz CT molecular complexity index is 2260. The lowest BCUT2D eigenvalue weighted by Gasteiger charge is -2.22. The first kappa shape index (κ1) is 42.9. The lowest BCUT2D eigenvalue weighted by Crippen LogP contribution is -2.22. The van der Waals surface area contributed by atoms with Crippen molar-refractivity contribution < 1.29 is 52.7 Å². The van der Waals surface area contributed by atoms with Crippen molar-refractivity contribution in [3.05, 3.63) is 131 Å². The van der Waals surface area contributed by atoms with E-state index in [2.05, 4.69) is 21.3 Å². The van der Waals surface area contributed by atoms with E-state index in [0.29, 0.717) is 56.9 Å². The summed E-state index contributed by atoms with van der Waals surface area (Å²) in [5, 5.41) is 12.2. The predicted molar refractivity (Wildman–Crippen MR) is 210 cm³/mol. The normalized spacial score (nSPS) is 12.2. The number of hydrogen-bond donors (Lipinski definition) is 4. The molecule has 6 aromatic carbocycles. The van der Waals surface area contributed by atoms with Crippen LogP contribution in [-0.2, 0) is 24.7 Å². The summed E-state index contributed by atoms with van der Waals surface area (Å²) in [6.07, 6.45) is -20.5. The highest BCUT2D eigenvalue weighted by Gasteiger charge is 2.38. The number of anilines is 4. The summed E-state index contributed by atoms with van der Waals surface area (Å²) < 4.78 is 163. The average molecular weight is 861 g/mol. The minimum atomic E-state index is -5.12. The van der Waals surface area contributed by atoms with Crippen molar-refractivity contribution in [2.45, 2.75) is 24.7 Å². The monoisotopic (exact) mass is 860 g/mol. The zero-order chi connectivity index (χ0) is 40.8. The van der Waals surface area contributed by atoms with Gasteiger partial charge >= 0.3 is 24.7 Å². The molecule has 0 amide bonds. The molecule has 0 aliphatic carbocycles. The number of thiocarbonyl (C=S) groups is 2. The number of hydrogen-bond acceptors (Lipinski definition) is 2. The molecule has 0 unspecified atom stereocenters. The average Bonchev–Trinajstić information content (AvgIpc) is 3.10. The summed E-state index contributed by atoms with van der Waals surface area (Å²) in [6.45, 7) is 0. The van der Waals surface area contributed by atoms with E-state index in [1.165, 1.54) is 0 Å². The van der Waals surface area contributed by atoms with E-state index in [9.17, 15) is 52.7 Å². The van der Waals surface area contributed by atoms with Gasteiger partial charge in [0.1, 0.15) is 0 Å². The Hall–Kier alpha value is -5.27. The molecule has 0 heterocycles. The standard InChI is InChI=1S/C38H22F12N4S2.H2S/c39-35(40,41)21-13-22(36(42,43)44)16-25(15-21)51-33(55)53-29-11-9-19-5-1-3-7-27(19)31(29)32-28-8-4-2-6-20(28)10-12-30(32)54-34(56)52-26-17-23(37(45,46)47)14-24(18-26)38(48,49)50;/h1-18H,(H2,51,53,55)(H2,52,54,56);1H2. The van der Waals surface area contributed by atoms with Crippen molar-refractivity contribution in [1.29, 1.82) is 0 Å². The Morgan fingerprint density at radius 1 is 0.386 bits per heavy atom.